The first-order chi connectivity index (χ1) is 13.9. The lowest BCUT2D eigenvalue weighted by molar-refractivity contribution is -0.116. The number of nitrogens with one attached hydrogen (secondary N) is 1. The summed E-state index contributed by atoms with van der Waals surface area (Å²) in [4.78, 5) is 26.3. The molecule has 2 aromatic rings. The molecule has 4 nitrogen and oxygen atoms in total. The highest BCUT2D eigenvalue weighted by atomic mass is 19.1. The molecular formula is C24H29FN2O2. The van der Waals surface area contributed by atoms with Crippen LogP contribution in [0, 0.1) is 18.7 Å². The number of piperidine rings is 1. The monoisotopic (exact) mass is 396 g/mol. The van der Waals surface area contributed by atoms with E-state index in [1.54, 1.807) is 19.9 Å². The number of halogens is 1. The van der Waals surface area contributed by atoms with E-state index in [0.717, 1.165) is 55.6 Å². The van der Waals surface area contributed by atoms with Gasteiger partial charge in [0, 0.05) is 30.8 Å². The molecule has 1 heterocycles. The number of rotatable bonds is 7. The quantitative estimate of drug-likeness (QED) is 0.673. The van der Waals surface area contributed by atoms with Gasteiger partial charge in [0.2, 0.25) is 5.91 Å². The highest BCUT2D eigenvalue weighted by Crippen LogP contribution is 2.23. The van der Waals surface area contributed by atoms with E-state index in [4.69, 9.17) is 0 Å². The topological polar surface area (TPSA) is 49.4 Å². The number of benzene rings is 2. The number of nitrogens with zero attached hydrogens (tertiary/aromatic N) is 1. The van der Waals surface area contributed by atoms with Gasteiger partial charge >= 0.3 is 0 Å². The average Bonchev–Trinajstić information content (AvgIpc) is 2.69. The van der Waals surface area contributed by atoms with Gasteiger partial charge in [-0.1, -0.05) is 18.2 Å². The molecule has 0 unspecified atom stereocenters. The third-order valence-corrected chi connectivity index (χ3v) is 5.58. The van der Waals surface area contributed by atoms with E-state index < -0.39 is 0 Å². The Kier molecular flexibility index (Phi) is 7.15. The first-order valence-corrected chi connectivity index (χ1v) is 10.3. The highest BCUT2D eigenvalue weighted by molar-refractivity contribution is 5.94. The van der Waals surface area contributed by atoms with Crippen LogP contribution in [0.25, 0.3) is 0 Å². The SMILES string of the molecule is CC(=O)c1cccc(CN2CCC[C@H](CCC(=O)Nc3ccc(F)cc3C)C2)c1. The molecule has 0 aliphatic carbocycles. The number of hydrogen-bond acceptors (Lipinski definition) is 3. The summed E-state index contributed by atoms with van der Waals surface area (Å²) in [5, 5.41) is 2.89. The molecule has 1 fully saturated rings. The molecule has 1 amide bonds. The molecule has 0 saturated carbocycles. The third-order valence-electron chi connectivity index (χ3n) is 5.58. The number of ketones is 1. The van der Waals surface area contributed by atoms with Crippen molar-refractivity contribution in [3.8, 4) is 0 Å². The first kappa shape index (κ1) is 21.2. The number of carbonyl (C=O) groups is 2. The summed E-state index contributed by atoms with van der Waals surface area (Å²) in [7, 11) is 0. The van der Waals surface area contributed by atoms with Gasteiger partial charge in [-0.25, -0.2) is 4.39 Å². The second-order valence-electron chi connectivity index (χ2n) is 8.05. The van der Waals surface area contributed by atoms with Crippen molar-refractivity contribution >= 4 is 17.4 Å². The van der Waals surface area contributed by atoms with Gasteiger partial charge in [0.05, 0.1) is 0 Å². The molecule has 1 aliphatic heterocycles. The predicted octanol–water partition coefficient (Wildman–Crippen LogP) is 4.97. The minimum Gasteiger partial charge on any atom is -0.326 e. The Bertz CT molecular complexity index is 881. The summed E-state index contributed by atoms with van der Waals surface area (Å²) in [6, 6.07) is 12.2. The summed E-state index contributed by atoms with van der Waals surface area (Å²) in [5.41, 5.74) is 3.31. The Hall–Kier alpha value is -2.53. The summed E-state index contributed by atoms with van der Waals surface area (Å²) in [5.74, 6) is 0.258. The zero-order valence-corrected chi connectivity index (χ0v) is 17.2. The van der Waals surface area contributed by atoms with Crippen molar-refractivity contribution in [3.05, 3.63) is 65.0 Å². The Morgan fingerprint density at radius 1 is 1.21 bits per heavy atom. The predicted molar refractivity (Wildman–Crippen MR) is 113 cm³/mol. The van der Waals surface area contributed by atoms with Crippen molar-refractivity contribution in [2.75, 3.05) is 18.4 Å². The van der Waals surface area contributed by atoms with Gasteiger partial charge in [-0.15, -0.1) is 0 Å². The van der Waals surface area contributed by atoms with E-state index in [1.807, 2.05) is 18.2 Å². The van der Waals surface area contributed by atoms with E-state index in [0.29, 0.717) is 18.0 Å². The van der Waals surface area contributed by atoms with Gasteiger partial charge in [0.25, 0.3) is 0 Å². The fourth-order valence-electron chi connectivity index (χ4n) is 3.99. The Balaban J connectivity index is 1.48. The number of likely N-dealkylation sites (tertiary alicyclic amines) is 1. The van der Waals surface area contributed by atoms with Crippen LogP contribution in [0.5, 0.6) is 0 Å². The number of aryl methyl sites for hydroxylation is 1. The molecule has 5 heteroatoms. The zero-order valence-electron chi connectivity index (χ0n) is 17.2. The van der Waals surface area contributed by atoms with E-state index in [1.165, 1.54) is 12.1 Å². The minimum absolute atomic E-state index is 0.0222. The fraction of sp³-hybridized carbons (Fsp3) is 0.417. The summed E-state index contributed by atoms with van der Waals surface area (Å²) in [6.07, 6.45) is 3.56. The lowest BCUT2D eigenvalue weighted by Gasteiger charge is -2.32. The van der Waals surface area contributed by atoms with Crippen LogP contribution in [0.3, 0.4) is 0 Å². The fourth-order valence-corrected chi connectivity index (χ4v) is 3.99. The maximum absolute atomic E-state index is 13.2. The van der Waals surface area contributed by atoms with E-state index >= 15 is 0 Å². The second-order valence-corrected chi connectivity index (χ2v) is 8.05. The molecule has 2 aromatic carbocycles. The van der Waals surface area contributed by atoms with Crippen LogP contribution in [-0.4, -0.2) is 29.7 Å². The van der Waals surface area contributed by atoms with Crippen LogP contribution in [0.15, 0.2) is 42.5 Å². The van der Waals surface area contributed by atoms with Crippen molar-refractivity contribution < 1.29 is 14.0 Å². The van der Waals surface area contributed by atoms with E-state index in [-0.39, 0.29) is 17.5 Å². The molecule has 1 aliphatic rings. The lowest BCUT2D eigenvalue weighted by Crippen LogP contribution is -2.35. The summed E-state index contributed by atoms with van der Waals surface area (Å²) >= 11 is 0. The van der Waals surface area contributed by atoms with Crippen LogP contribution in [0.2, 0.25) is 0 Å². The van der Waals surface area contributed by atoms with Crippen molar-refractivity contribution in [1.82, 2.24) is 4.90 Å². The van der Waals surface area contributed by atoms with Crippen LogP contribution in [0.4, 0.5) is 10.1 Å². The van der Waals surface area contributed by atoms with Crippen molar-refractivity contribution in [3.63, 3.8) is 0 Å². The Morgan fingerprint density at radius 3 is 2.79 bits per heavy atom. The van der Waals surface area contributed by atoms with Crippen molar-refractivity contribution in [1.29, 1.82) is 0 Å². The lowest BCUT2D eigenvalue weighted by atomic mass is 9.93. The van der Waals surface area contributed by atoms with Gasteiger partial charge in [-0.3, -0.25) is 14.5 Å². The highest BCUT2D eigenvalue weighted by Gasteiger charge is 2.21. The third kappa shape index (κ3) is 6.23. The molecule has 154 valence electrons. The first-order valence-electron chi connectivity index (χ1n) is 10.3. The number of amides is 1. The number of Topliss-reactive ketones (excluding diaryl/α,β-unsaturated/α-hetero) is 1. The maximum atomic E-state index is 13.2. The summed E-state index contributed by atoms with van der Waals surface area (Å²) in [6.45, 7) is 6.22. The molecule has 1 atom stereocenters. The van der Waals surface area contributed by atoms with Crippen LogP contribution < -0.4 is 5.32 Å². The van der Waals surface area contributed by atoms with Crippen LogP contribution in [-0.2, 0) is 11.3 Å². The van der Waals surface area contributed by atoms with Crippen molar-refractivity contribution in [2.24, 2.45) is 5.92 Å². The minimum atomic E-state index is -0.295. The van der Waals surface area contributed by atoms with E-state index in [9.17, 15) is 14.0 Å². The van der Waals surface area contributed by atoms with Gasteiger partial charge in [-0.2, -0.15) is 0 Å². The van der Waals surface area contributed by atoms with Crippen LogP contribution >= 0.6 is 0 Å². The van der Waals surface area contributed by atoms with E-state index in [2.05, 4.69) is 16.3 Å². The largest absolute Gasteiger partial charge is 0.326 e. The van der Waals surface area contributed by atoms with Gasteiger partial charge < -0.3 is 5.32 Å². The summed E-state index contributed by atoms with van der Waals surface area (Å²) < 4.78 is 13.2. The molecule has 0 aromatic heterocycles. The zero-order chi connectivity index (χ0) is 20.8. The van der Waals surface area contributed by atoms with Gasteiger partial charge in [-0.05, 0) is 81.0 Å². The molecule has 3 rings (SSSR count). The molecule has 1 saturated heterocycles. The Labute approximate surface area is 172 Å². The van der Waals surface area contributed by atoms with Crippen molar-refractivity contribution in [2.45, 2.75) is 46.1 Å². The number of carbonyl (C=O) groups excluding carboxylic acids is 2. The second kappa shape index (κ2) is 9.79. The molecule has 29 heavy (non-hydrogen) atoms. The molecule has 0 bridgehead atoms. The number of anilines is 1. The molecular weight excluding hydrogens is 367 g/mol. The molecule has 0 spiro atoms. The van der Waals surface area contributed by atoms with Gasteiger partial charge in [0.1, 0.15) is 5.82 Å². The average molecular weight is 397 g/mol. The normalized spacial score (nSPS) is 17.1. The van der Waals surface area contributed by atoms with Crippen LogP contribution in [0.1, 0.15) is 54.1 Å². The molecule has 0 radical (unpaired) electrons. The Morgan fingerprint density at radius 2 is 2.03 bits per heavy atom. The smallest absolute Gasteiger partial charge is 0.224 e. The van der Waals surface area contributed by atoms with Gasteiger partial charge in [0.15, 0.2) is 5.78 Å². The molecule has 1 N–H and O–H groups in total. The standard InChI is InChI=1S/C24H29FN2O2/c1-17-13-22(25)9-10-23(17)26-24(29)11-8-19-6-4-12-27(15-19)16-20-5-3-7-21(14-20)18(2)28/h3,5,7,9-10,13-14,19H,4,6,8,11-12,15-16H2,1-2H3,(H,26,29)/t19-/m1/s1. The number of hydrogen-bond donors (Lipinski definition) is 1. The maximum Gasteiger partial charge on any atom is 0.224 e.